The third-order valence-corrected chi connectivity index (χ3v) is 6.72. The molecule has 33 heavy (non-hydrogen) atoms. The van der Waals surface area contributed by atoms with Crippen LogP contribution in [0, 0.1) is 5.82 Å². The van der Waals surface area contributed by atoms with Crippen LogP contribution in [-0.4, -0.2) is 40.3 Å². The lowest BCUT2D eigenvalue weighted by Crippen LogP contribution is -2.47. The number of rotatable bonds is 6. The van der Waals surface area contributed by atoms with Crippen molar-refractivity contribution < 1.29 is 27.1 Å². The second-order valence-corrected chi connectivity index (χ2v) is 9.80. The summed E-state index contributed by atoms with van der Waals surface area (Å²) in [5.41, 5.74) is 0.747. The molecule has 0 spiro atoms. The number of amides is 1. The quantitative estimate of drug-likeness (QED) is 0.532. The van der Waals surface area contributed by atoms with Gasteiger partial charge < -0.3 is 14.4 Å². The first kappa shape index (κ1) is 22.8. The Kier molecular flexibility index (Phi) is 6.37. The molecule has 1 atom stereocenters. The topological polar surface area (TPSA) is 72.9 Å². The maximum atomic E-state index is 15.2. The second kappa shape index (κ2) is 9.23. The first-order valence-corrected chi connectivity index (χ1v) is 12.4. The zero-order valence-electron chi connectivity index (χ0n) is 18.3. The van der Waals surface area contributed by atoms with Gasteiger partial charge in [0.05, 0.1) is 17.7 Å². The first-order valence-electron chi connectivity index (χ1n) is 10.5. The van der Waals surface area contributed by atoms with Gasteiger partial charge in [0.1, 0.15) is 17.3 Å². The number of carbonyl (C=O) groups excluding carboxylic acids is 1. The second-order valence-electron chi connectivity index (χ2n) is 7.82. The summed E-state index contributed by atoms with van der Waals surface area (Å²) in [6.45, 7) is 0.302. The molecule has 1 heterocycles. The van der Waals surface area contributed by atoms with Gasteiger partial charge in [-0.2, -0.15) is 0 Å². The number of nitrogens with zero attached hydrogens (tertiary/aromatic N) is 1. The molecule has 0 saturated carbocycles. The van der Waals surface area contributed by atoms with E-state index in [0.717, 1.165) is 6.26 Å². The Morgan fingerprint density at radius 3 is 2.30 bits per heavy atom. The molecule has 0 aromatic heterocycles. The molecule has 4 rings (SSSR count). The summed E-state index contributed by atoms with van der Waals surface area (Å²) in [4.78, 5) is 14.8. The molecule has 1 saturated heterocycles. The summed E-state index contributed by atoms with van der Waals surface area (Å²) in [5.74, 6) is 0.196. The van der Waals surface area contributed by atoms with Crippen LogP contribution < -0.4 is 14.4 Å². The van der Waals surface area contributed by atoms with Gasteiger partial charge in [-0.25, -0.2) is 12.8 Å². The molecule has 3 aromatic carbocycles. The van der Waals surface area contributed by atoms with Gasteiger partial charge in [0.15, 0.2) is 15.9 Å². The Morgan fingerprint density at radius 1 is 0.939 bits per heavy atom. The number of para-hydroxylation sites is 1. The van der Waals surface area contributed by atoms with E-state index in [1.807, 2.05) is 0 Å². The van der Waals surface area contributed by atoms with Crippen molar-refractivity contribution in [3.8, 4) is 22.6 Å². The number of methoxy groups -OCH3 is 1. The number of sulfone groups is 1. The third kappa shape index (κ3) is 4.71. The zero-order valence-corrected chi connectivity index (χ0v) is 19.1. The lowest BCUT2D eigenvalue weighted by molar-refractivity contribution is -0.127. The van der Waals surface area contributed by atoms with Crippen molar-refractivity contribution in [2.24, 2.45) is 0 Å². The maximum Gasteiger partial charge on any atom is 0.268 e. The van der Waals surface area contributed by atoms with Crippen LogP contribution in [-0.2, 0) is 14.6 Å². The summed E-state index contributed by atoms with van der Waals surface area (Å²) in [6, 6.07) is 17.7. The number of benzene rings is 3. The maximum absolute atomic E-state index is 15.2. The normalized spacial score (nSPS) is 16.5. The number of piperidine rings is 1. The summed E-state index contributed by atoms with van der Waals surface area (Å²) < 4.78 is 50.9. The van der Waals surface area contributed by atoms with Crippen LogP contribution in [0.4, 0.5) is 10.1 Å². The molecule has 0 bridgehead atoms. The highest BCUT2D eigenvalue weighted by molar-refractivity contribution is 7.90. The minimum atomic E-state index is -3.57. The predicted octanol–water partition coefficient (Wildman–Crippen LogP) is 4.48. The van der Waals surface area contributed by atoms with Crippen LogP contribution in [0.1, 0.15) is 12.8 Å². The fourth-order valence-electron chi connectivity index (χ4n) is 4.01. The lowest BCUT2D eigenvalue weighted by Gasteiger charge is -2.34. The van der Waals surface area contributed by atoms with E-state index >= 15 is 4.39 Å². The van der Waals surface area contributed by atoms with E-state index in [-0.39, 0.29) is 16.5 Å². The molecular weight excluding hydrogens is 445 g/mol. The highest BCUT2D eigenvalue weighted by Gasteiger charge is 2.34. The van der Waals surface area contributed by atoms with E-state index in [9.17, 15) is 13.2 Å². The minimum absolute atomic E-state index is 0.0571. The summed E-state index contributed by atoms with van der Waals surface area (Å²) in [5, 5.41) is 0. The monoisotopic (exact) mass is 469 g/mol. The average Bonchev–Trinajstić information content (AvgIpc) is 2.80. The third-order valence-electron chi connectivity index (χ3n) is 5.56. The molecule has 172 valence electrons. The minimum Gasteiger partial charge on any atom is -0.497 e. The highest BCUT2D eigenvalue weighted by Crippen LogP contribution is 2.38. The molecule has 6 nitrogen and oxygen atoms in total. The summed E-state index contributed by atoms with van der Waals surface area (Å²) >= 11 is 0. The van der Waals surface area contributed by atoms with Crippen molar-refractivity contribution in [2.45, 2.75) is 23.8 Å². The first-order chi connectivity index (χ1) is 15.8. The Hall–Kier alpha value is -3.39. The number of ether oxygens (including phenoxy) is 2. The average molecular weight is 470 g/mol. The van der Waals surface area contributed by atoms with Crippen LogP contribution in [0.25, 0.3) is 11.1 Å². The molecule has 1 unspecified atom stereocenters. The fourth-order valence-corrected chi connectivity index (χ4v) is 4.91. The molecule has 0 aliphatic carbocycles. The van der Waals surface area contributed by atoms with E-state index in [1.165, 1.54) is 23.1 Å². The smallest absolute Gasteiger partial charge is 0.268 e. The van der Waals surface area contributed by atoms with Crippen molar-refractivity contribution in [3.05, 3.63) is 72.5 Å². The molecule has 1 aliphatic heterocycles. The molecule has 8 heteroatoms. The van der Waals surface area contributed by atoms with Crippen LogP contribution in [0.15, 0.2) is 71.6 Å². The zero-order chi connectivity index (χ0) is 23.6. The van der Waals surface area contributed by atoms with Gasteiger partial charge >= 0.3 is 0 Å². The van der Waals surface area contributed by atoms with Crippen LogP contribution in [0.2, 0.25) is 0 Å². The lowest BCUT2D eigenvalue weighted by atomic mass is 9.99. The van der Waals surface area contributed by atoms with E-state index in [1.54, 1.807) is 55.6 Å². The number of anilines is 1. The van der Waals surface area contributed by atoms with Gasteiger partial charge in [-0.3, -0.25) is 4.79 Å². The van der Waals surface area contributed by atoms with Gasteiger partial charge in [-0.15, -0.1) is 0 Å². The van der Waals surface area contributed by atoms with E-state index in [4.69, 9.17) is 9.47 Å². The Labute approximate surface area is 192 Å². The molecule has 1 aliphatic rings. The molecule has 0 radical (unpaired) electrons. The van der Waals surface area contributed by atoms with Crippen molar-refractivity contribution in [3.63, 3.8) is 0 Å². The molecule has 1 amide bonds. The van der Waals surface area contributed by atoms with E-state index < -0.39 is 21.8 Å². The van der Waals surface area contributed by atoms with Crippen molar-refractivity contribution in [1.82, 2.24) is 0 Å². The SMILES string of the molecule is COc1ccc(OC2CCCN(c3c(F)cccc3-c3ccccc3S(C)(=O)=O)C2=O)cc1. The molecule has 0 N–H and O–H groups in total. The van der Waals surface area contributed by atoms with Gasteiger partial charge in [-0.05, 0) is 49.2 Å². The van der Waals surface area contributed by atoms with Gasteiger partial charge in [0.25, 0.3) is 5.91 Å². The summed E-state index contributed by atoms with van der Waals surface area (Å²) in [7, 11) is -2.01. The van der Waals surface area contributed by atoms with Crippen LogP contribution >= 0.6 is 0 Å². The van der Waals surface area contributed by atoms with Crippen LogP contribution in [0.5, 0.6) is 11.5 Å². The number of hydrogen-bond donors (Lipinski definition) is 0. The number of hydrogen-bond acceptors (Lipinski definition) is 5. The molecule has 1 fully saturated rings. The Morgan fingerprint density at radius 2 is 1.61 bits per heavy atom. The number of halogens is 1. The number of carbonyl (C=O) groups is 1. The summed E-state index contributed by atoms with van der Waals surface area (Å²) in [6.07, 6.45) is 1.42. The van der Waals surface area contributed by atoms with Gasteiger partial charge in [0, 0.05) is 23.9 Å². The van der Waals surface area contributed by atoms with Crippen molar-refractivity contribution in [1.29, 1.82) is 0 Å². The molecule has 3 aromatic rings. The molecular formula is C25H24FNO5S. The largest absolute Gasteiger partial charge is 0.497 e. The highest BCUT2D eigenvalue weighted by atomic mass is 32.2. The van der Waals surface area contributed by atoms with E-state index in [0.29, 0.717) is 42.0 Å². The standard InChI is InChI=1S/C25H24FNO5S/c1-31-17-12-14-18(15-13-17)32-22-10-6-16-27(25(22)28)24-20(8-5-9-21(24)26)19-7-3-4-11-23(19)33(2,29)30/h3-5,7-9,11-15,22H,6,10,16H2,1-2H3. The van der Waals surface area contributed by atoms with E-state index in [2.05, 4.69) is 0 Å². The Bertz CT molecular complexity index is 1270. The predicted molar refractivity (Wildman–Crippen MR) is 124 cm³/mol. The van der Waals surface area contributed by atoms with Gasteiger partial charge in [0.2, 0.25) is 0 Å². The fraction of sp³-hybridized carbons (Fsp3) is 0.240. The van der Waals surface area contributed by atoms with Crippen molar-refractivity contribution >= 4 is 21.4 Å². The van der Waals surface area contributed by atoms with Crippen LogP contribution in [0.3, 0.4) is 0 Å². The van der Waals surface area contributed by atoms with Crippen molar-refractivity contribution in [2.75, 3.05) is 24.8 Å². The Balaban J connectivity index is 1.72. The van der Waals surface area contributed by atoms with Gasteiger partial charge in [-0.1, -0.05) is 30.3 Å².